The molecule has 2 aromatic rings. The standard InChI is InChI=1S/C12H13N3O2/c1-7-10(13)14-11(15-12(7)16)8-3-5-9(17-2)6-4-8/h3-6H,1-2H3,(H3,13,14,15,16). The molecular formula is C12H13N3O2. The SMILES string of the molecule is COc1ccc(-c2nc(N)c(C)c(=O)[nH]2)cc1. The van der Waals surface area contributed by atoms with Crippen LogP contribution in [0.2, 0.25) is 0 Å². The van der Waals surface area contributed by atoms with Crippen LogP contribution in [-0.4, -0.2) is 17.1 Å². The van der Waals surface area contributed by atoms with Crippen LogP contribution in [0.5, 0.6) is 5.75 Å². The molecule has 0 aliphatic rings. The minimum Gasteiger partial charge on any atom is -0.497 e. The fraction of sp³-hybridized carbons (Fsp3) is 0.167. The van der Waals surface area contributed by atoms with E-state index in [4.69, 9.17) is 10.5 Å². The van der Waals surface area contributed by atoms with Gasteiger partial charge in [-0.3, -0.25) is 4.79 Å². The molecule has 0 radical (unpaired) electrons. The highest BCUT2D eigenvalue weighted by Crippen LogP contribution is 2.19. The average molecular weight is 231 g/mol. The van der Waals surface area contributed by atoms with Crippen molar-refractivity contribution in [3.8, 4) is 17.1 Å². The third-order valence-corrected chi connectivity index (χ3v) is 2.55. The van der Waals surface area contributed by atoms with Crippen LogP contribution in [0.4, 0.5) is 5.82 Å². The van der Waals surface area contributed by atoms with Crippen LogP contribution in [0.1, 0.15) is 5.56 Å². The molecule has 5 heteroatoms. The van der Waals surface area contributed by atoms with E-state index in [-0.39, 0.29) is 11.4 Å². The molecule has 1 aromatic heterocycles. The number of nitrogens with zero attached hydrogens (tertiary/aromatic N) is 1. The third kappa shape index (κ3) is 2.13. The van der Waals surface area contributed by atoms with Crippen molar-refractivity contribution < 1.29 is 4.74 Å². The molecule has 0 aliphatic heterocycles. The Kier molecular flexibility index (Phi) is 2.82. The molecule has 1 aromatic carbocycles. The summed E-state index contributed by atoms with van der Waals surface area (Å²) in [6.07, 6.45) is 0. The van der Waals surface area contributed by atoms with Gasteiger partial charge in [-0.25, -0.2) is 4.98 Å². The van der Waals surface area contributed by atoms with E-state index in [2.05, 4.69) is 9.97 Å². The monoisotopic (exact) mass is 231 g/mol. The first-order chi connectivity index (χ1) is 8.11. The van der Waals surface area contributed by atoms with Gasteiger partial charge < -0.3 is 15.5 Å². The molecule has 0 fully saturated rings. The molecule has 3 N–H and O–H groups in total. The maximum atomic E-state index is 11.6. The van der Waals surface area contributed by atoms with Crippen LogP contribution in [0.25, 0.3) is 11.4 Å². The summed E-state index contributed by atoms with van der Waals surface area (Å²) in [5, 5.41) is 0. The van der Waals surface area contributed by atoms with Crippen molar-refractivity contribution in [2.75, 3.05) is 12.8 Å². The predicted molar refractivity (Wildman–Crippen MR) is 66.0 cm³/mol. The first kappa shape index (κ1) is 11.2. The molecule has 0 amide bonds. The van der Waals surface area contributed by atoms with Gasteiger partial charge in [0.15, 0.2) is 0 Å². The lowest BCUT2D eigenvalue weighted by Crippen LogP contribution is -2.15. The smallest absolute Gasteiger partial charge is 0.256 e. The van der Waals surface area contributed by atoms with E-state index >= 15 is 0 Å². The number of methoxy groups -OCH3 is 1. The van der Waals surface area contributed by atoms with Crippen LogP contribution < -0.4 is 16.0 Å². The number of aromatic amines is 1. The molecule has 0 spiro atoms. The van der Waals surface area contributed by atoms with E-state index in [9.17, 15) is 4.79 Å². The Balaban J connectivity index is 2.49. The van der Waals surface area contributed by atoms with Gasteiger partial charge in [0.1, 0.15) is 17.4 Å². The maximum Gasteiger partial charge on any atom is 0.256 e. The number of H-pyrrole nitrogens is 1. The normalized spacial score (nSPS) is 10.2. The number of nitrogens with two attached hydrogens (primary N) is 1. The Hall–Kier alpha value is -2.30. The lowest BCUT2D eigenvalue weighted by Gasteiger charge is -2.05. The molecule has 0 bridgehead atoms. The zero-order valence-corrected chi connectivity index (χ0v) is 9.65. The van der Waals surface area contributed by atoms with E-state index in [1.54, 1.807) is 26.2 Å². The number of nitrogen functional groups attached to an aromatic ring is 1. The molecule has 0 saturated heterocycles. The van der Waals surface area contributed by atoms with Crippen LogP contribution >= 0.6 is 0 Å². The summed E-state index contributed by atoms with van der Waals surface area (Å²) < 4.78 is 5.05. The topological polar surface area (TPSA) is 81.0 Å². The van der Waals surface area contributed by atoms with Crippen LogP contribution in [-0.2, 0) is 0 Å². The average Bonchev–Trinajstić information content (AvgIpc) is 2.35. The predicted octanol–water partition coefficient (Wildman–Crippen LogP) is 1.34. The minimum atomic E-state index is -0.219. The first-order valence-corrected chi connectivity index (χ1v) is 5.12. The largest absolute Gasteiger partial charge is 0.497 e. The molecule has 0 aliphatic carbocycles. The van der Waals surface area contributed by atoms with Crippen molar-refractivity contribution >= 4 is 5.82 Å². The quantitative estimate of drug-likeness (QED) is 0.817. The summed E-state index contributed by atoms with van der Waals surface area (Å²) in [5.41, 5.74) is 6.66. The Labute approximate surface area is 98.3 Å². The summed E-state index contributed by atoms with van der Waals surface area (Å²) in [5.74, 6) is 1.46. The second kappa shape index (κ2) is 4.29. The maximum absolute atomic E-state index is 11.6. The van der Waals surface area contributed by atoms with Crippen molar-refractivity contribution in [2.24, 2.45) is 0 Å². The summed E-state index contributed by atoms with van der Waals surface area (Å²) in [7, 11) is 1.60. The van der Waals surface area contributed by atoms with Gasteiger partial charge in [-0.05, 0) is 31.2 Å². The van der Waals surface area contributed by atoms with E-state index in [0.29, 0.717) is 11.4 Å². The third-order valence-electron chi connectivity index (χ3n) is 2.55. The molecular weight excluding hydrogens is 218 g/mol. The Morgan fingerprint density at radius 1 is 1.29 bits per heavy atom. The van der Waals surface area contributed by atoms with Gasteiger partial charge in [-0.1, -0.05) is 0 Å². The highest BCUT2D eigenvalue weighted by molar-refractivity contribution is 5.58. The lowest BCUT2D eigenvalue weighted by atomic mass is 10.2. The van der Waals surface area contributed by atoms with Crippen molar-refractivity contribution in [3.05, 3.63) is 40.2 Å². The van der Waals surface area contributed by atoms with Gasteiger partial charge in [0.05, 0.1) is 12.7 Å². The van der Waals surface area contributed by atoms with Crippen molar-refractivity contribution in [3.63, 3.8) is 0 Å². The molecule has 0 unspecified atom stereocenters. The number of ether oxygens (including phenoxy) is 1. The fourth-order valence-electron chi connectivity index (χ4n) is 1.44. The van der Waals surface area contributed by atoms with Crippen molar-refractivity contribution in [1.29, 1.82) is 0 Å². The number of hydrogen-bond donors (Lipinski definition) is 2. The van der Waals surface area contributed by atoms with Gasteiger partial charge in [0, 0.05) is 5.56 Å². The minimum absolute atomic E-state index is 0.219. The van der Waals surface area contributed by atoms with Gasteiger partial charge in [-0.15, -0.1) is 0 Å². The van der Waals surface area contributed by atoms with E-state index < -0.39 is 0 Å². The molecule has 0 atom stereocenters. The van der Waals surface area contributed by atoms with Gasteiger partial charge >= 0.3 is 0 Å². The van der Waals surface area contributed by atoms with Gasteiger partial charge in [0.2, 0.25) is 0 Å². The fourth-order valence-corrected chi connectivity index (χ4v) is 1.44. The highest BCUT2D eigenvalue weighted by Gasteiger charge is 2.06. The Morgan fingerprint density at radius 2 is 1.94 bits per heavy atom. The molecule has 0 saturated carbocycles. The zero-order chi connectivity index (χ0) is 12.4. The summed E-state index contributed by atoms with van der Waals surface area (Å²) in [4.78, 5) is 18.4. The zero-order valence-electron chi connectivity index (χ0n) is 9.65. The Morgan fingerprint density at radius 3 is 2.47 bits per heavy atom. The van der Waals surface area contributed by atoms with E-state index in [1.807, 2.05) is 12.1 Å². The Bertz CT molecular complexity index is 588. The number of aromatic nitrogens is 2. The van der Waals surface area contributed by atoms with E-state index in [0.717, 1.165) is 11.3 Å². The number of anilines is 1. The molecule has 88 valence electrons. The number of hydrogen-bond acceptors (Lipinski definition) is 4. The second-order valence-electron chi connectivity index (χ2n) is 3.65. The lowest BCUT2D eigenvalue weighted by molar-refractivity contribution is 0.415. The highest BCUT2D eigenvalue weighted by atomic mass is 16.5. The molecule has 17 heavy (non-hydrogen) atoms. The summed E-state index contributed by atoms with van der Waals surface area (Å²) >= 11 is 0. The summed E-state index contributed by atoms with van der Waals surface area (Å²) in [6, 6.07) is 7.22. The van der Waals surface area contributed by atoms with Crippen LogP contribution in [0, 0.1) is 6.92 Å². The summed E-state index contributed by atoms with van der Waals surface area (Å²) in [6.45, 7) is 1.64. The van der Waals surface area contributed by atoms with Gasteiger partial charge in [-0.2, -0.15) is 0 Å². The van der Waals surface area contributed by atoms with Crippen molar-refractivity contribution in [1.82, 2.24) is 9.97 Å². The number of rotatable bonds is 2. The van der Waals surface area contributed by atoms with Crippen molar-refractivity contribution in [2.45, 2.75) is 6.92 Å². The first-order valence-electron chi connectivity index (χ1n) is 5.12. The van der Waals surface area contributed by atoms with Crippen LogP contribution in [0.15, 0.2) is 29.1 Å². The molecule has 1 heterocycles. The van der Waals surface area contributed by atoms with Gasteiger partial charge in [0.25, 0.3) is 5.56 Å². The number of nitrogens with one attached hydrogen (secondary N) is 1. The van der Waals surface area contributed by atoms with E-state index in [1.165, 1.54) is 0 Å². The molecule has 2 rings (SSSR count). The van der Waals surface area contributed by atoms with Crippen LogP contribution in [0.3, 0.4) is 0 Å². The molecule has 5 nitrogen and oxygen atoms in total. The second-order valence-corrected chi connectivity index (χ2v) is 3.65. The number of benzene rings is 1.